The lowest BCUT2D eigenvalue weighted by Gasteiger charge is -2.45. The number of nitrogens with zero attached hydrogens (tertiary/aromatic N) is 5. The van der Waals surface area contributed by atoms with Crippen LogP contribution in [-0.2, 0) is 10.8 Å². The van der Waals surface area contributed by atoms with Gasteiger partial charge in [-0.3, -0.25) is 0 Å². The molecule has 626 valence electrons. The highest BCUT2D eigenvalue weighted by atomic mass is 16.3. The quantitative estimate of drug-likeness (QED) is 0.126. The Kier molecular flexibility index (Phi) is 14.9. The summed E-state index contributed by atoms with van der Waals surface area (Å²) in [6.45, 7) is 13.0. The summed E-state index contributed by atoms with van der Waals surface area (Å²) in [7, 11) is 0. The maximum Gasteiger partial charge on any atom is 0.252 e. The van der Waals surface area contributed by atoms with Crippen molar-refractivity contribution in [3.8, 4) is 84.2 Å². The Morgan fingerprint density at radius 1 is 0.293 bits per heavy atom. The smallest absolute Gasteiger partial charge is 0.252 e. The Bertz CT molecular complexity index is 9780. The normalized spacial score (nSPS) is 13.6. The number of para-hydroxylation sites is 7. The fourth-order valence-electron chi connectivity index (χ4n) is 21.8. The molecule has 0 N–H and O–H groups in total. The molecule has 0 aliphatic carbocycles. The highest BCUT2D eigenvalue weighted by Crippen LogP contribution is 2.60. The van der Waals surface area contributed by atoms with Gasteiger partial charge in [-0.1, -0.05) is 296 Å². The molecule has 0 unspecified atom stereocenters. The zero-order chi connectivity index (χ0) is 94.6. The lowest BCUT2D eigenvalue weighted by atomic mass is 9.33. The summed E-state index contributed by atoms with van der Waals surface area (Å²) in [5.41, 5.74) is 28.3. The van der Waals surface area contributed by atoms with E-state index < -0.39 is 54.6 Å². The van der Waals surface area contributed by atoms with E-state index in [-0.39, 0.29) is 32.6 Å². The van der Waals surface area contributed by atoms with Crippen LogP contribution in [0.5, 0.6) is 0 Å². The molecule has 133 heavy (non-hydrogen) atoms. The van der Waals surface area contributed by atoms with Crippen LogP contribution in [0.1, 0.15) is 67.8 Å². The first kappa shape index (κ1) is 69.2. The summed E-state index contributed by atoms with van der Waals surface area (Å²) in [6, 6.07) is 121. The molecule has 19 aromatic carbocycles. The highest BCUT2D eigenvalue weighted by molar-refractivity contribution is 7.00. The third-order valence-corrected chi connectivity index (χ3v) is 27.8. The van der Waals surface area contributed by atoms with E-state index in [1.165, 1.54) is 11.1 Å². The molecule has 6 aromatic heterocycles. The number of hydrogen-bond acceptors (Lipinski definition) is 7. The molecule has 0 saturated carbocycles. The number of rotatable bonds is 10. The Morgan fingerprint density at radius 2 is 0.767 bits per heavy atom. The summed E-state index contributed by atoms with van der Waals surface area (Å²) in [6.07, 6.45) is 0. The van der Waals surface area contributed by atoms with Crippen molar-refractivity contribution in [1.29, 1.82) is 5.26 Å². The number of anilines is 6. The first-order valence-corrected chi connectivity index (χ1v) is 45.3. The lowest BCUT2D eigenvalue weighted by Crippen LogP contribution is -2.61. The fraction of sp³-hybridized carbons (Fsp3) is 0.0650. The predicted molar refractivity (Wildman–Crippen MR) is 553 cm³/mol. The third kappa shape index (κ3) is 11.4. The molecule has 0 spiro atoms. The molecular weight excluding hydrogens is 1620 g/mol. The molecule has 0 fully saturated rings. The van der Waals surface area contributed by atoms with E-state index in [2.05, 4.69) is 347 Å². The van der Waals surface area contributed by atoms with E-state index >= 15 is 0 Å². The molecule has 9 nitrogen and oxygen atoms in total. The van der Waals surface area contributed by atoms with Crippen molar-refractivity contribution in [3.63, 3.8) is 0 Å². The summed E-state index contributed by atoms with van der Waals surface area (Å²) in [5.74, 6) is 0. The lowest BCUT2D eigenvalue weighted by molar-refractivity contribution is 0.569. The number of furan rings is 4. The van der Waals surface area contributed by atoms with Crippen LogP contribution in [0.3, 0.4) is 0 Å². The number of fused-ring (bicyclic) bond motifs is 22. The van der Waals surface area contributed by atoms with Crippen molar-refractivity contribution in [2.45, 2.75) is 52.4 Å². The summed E-state index contributed by atoms with van der Waals surface area (Å²) < 4.78 is 103. The van der Waals surface area contributed by atoms with E-state index in [1.54, 1.807) is 4.57 Å². The van der Waals surface area contributed by atoms with Crippen LogP contribution in [-0.4, -0.2) is 15.8 Å². The number of hydrogen-bond donors (Lipinski definition) is 0. The van der Waals surface area contributed by atoms with Gasteiger partial charge in [-0.15, -0.1) is 0 Å². The number of benzene rings is 19. The molecule has 2 aliphatic rings. The second-order valence-corrected chi connectivity index (χ2v) is 37.4. The van der Waals surface area contributed by atoms with Crippen molar-refractivity contribution in [2.75, 3.05) is 9.80 Å². The first-order chi connectivity index (χ1) is 68.1. The van der Waals surface area contributed by atoms with Gasteiger partial charge in [-0.2, -0.15) is 5.26 Å². The van der Waals surface area contributed by atoms with Crippen LogP contribution in [0, 0.1) is 11.3 Å². The van der Waals surface area contributed by atoms with E-state index in [1.807, 2.05) is 60.7 Å². The van der Waals surface area contributed by atoms with E-state index in [4.69, 9.17) is 17.7 Å². The largest absolute Gasteiger partial charge is 0.456 e. The zero-order valence-corrected chi connectivity index (χ0v) is 73.4. The number of aromatic nitrogens is 2. The second kappa shape index (κ2) is 28.6. The van der Waals surface area contributed by atoms with Gasteiger partial charge in [-0.05, 0) is 216 Å². The molecule has 0 radical (unpaired) electrons. The van der Waals surface area contributed by atoms with Gasteiger partial charge < -0.3 is 36.6 Å². The minimum Gasteiger partial charge on any atom is -0.456 e. The predicted octanol–water partition coefficient (Wildman–Crippen LogP) is 32.0. The van der Waals surface area contributed by atoms with Crippen molar-refractivity contribution in [3.05, 3.63) is 405 Å². The van der Waals surface area contributed by atoms with Crippen LogP contribution < -0.4 is 26.2 Å². The third-order valence-electron chi connectivity index (χ3n) is 27.8. The molecule has 0 saturated heterocycles. The molecule has 0 atom stereocenters. The van der Waals surface area contributed by atoms with Crippen molar-refractivity contribution < 1.29 is 27.3 Å². The van der Waals surface area contributed by atoms with Crippen LogP contribution >= 0.6 is 0 Å². The Hall–Kier alpha value is -16.9. The summed E-state index contributed by atoms with van der Waals surface area (Å²) in [4.78, 5) is 5.00. The van der Waals surface area contributed by atoms with Crippen molar-refractivity contribution in [1.82, 2.24) is 9.13 Å². The SMILES string of the molecule is [2H]c1c([2H])c([2H])c2c(c1[2H])c1c([2H])c(C#N)c([2H])c([2H])c1n2-c1ccc2c(c1)N(c1c(-c3cccc4oc5ccccc5c34)cc(-c3ccccc3)c3oc4ccccc4c13)c1cc(-c3ccc4c(c3)c3ccccc3n4-c3ccccc3)cc3c1B2c1cc(-c2cc(C(C)(C)C)cc(C(C)(C)C)c2)ccc1N3c1c(-c2cccc3oc4ccccc4c23)cc(-c2ccccc2)c2oc3ccccc3c12. The second-order valence-electron chi connectivity index (χ2n) is 37.4. The maximum atomic E-state index is 11.0. The standard InChI is InChI=1S/C123H82BN5O4/c1-122(2,3)79-61-77(62-80(67-79)123(4,5)6)76-54-59-103-98(64-76)124-97-56-55-82(127-100-45-23-16-36-83(100)93-60-72(71-125)52-57-101(93)127)68-104(97)129(119-96(86-43-29-51-112-114(86)88-39-19-25-47-108(88)131-112)70-92(74-32-12-8-13-33-74)121-116(119)90-41-21-27-49-110(90)133-121)106-66-78(75-53-58-102-94(63-75)84-37-17-22-44-99(84)126(102)81-34-14-9-15-35-81)65-105(117(106)124)128(103)118-95(85-42-28-50-111-113(85)87-38-18-24-46-107(87)130-111)69-91(73-30-10-7-11-31-73)120-115(118)89-40-20-26-48-109(89)132-120/h7-70H,1-6H3/i16D,23D,36D,45D,52D,57D,60D. The molecular formula is C123H82BN5O4. The topological polar surface area (TPSA) is 92.7 Å². The average Bonchev–Trinajstić information content (AvgIpc) is 1.20. The van der Waals surface area contributed by atoms with Gasteiger partial charge in [0.15, 0.2) is 0 Å². The van der Waals surface area contributed by atoms with Gasteiger partial charge >= 0.3 is 0 Å². The molecule has 8 heterocycles. The monoisotopic (exact) mass is 1710 g/mol. The Balaban J connectivity index is 0.885. The first-order valence-electron chi connectivity index (χ1n) is 48.8. The van der Waals surface area contributed by atoms with Crippen molar-refractivity contribution in [2.24, 2.45) is 0 Å². The van der Waals surface area contributed by atoms with Gasteiger partial charge in [0, 0.05) is 110 Å². The number of nitriles is 1. The van der Waals surface area contributed by atoms with Crippen LogP contribution in [0.15, 0.2) is 406 Å². The van der Waals surface area contributed by atoms with E-state index in [9.17, 15) is 14.9 Å². The van der Waals surface area contributed by atoms with Gasteiger partial charge in [0.05, 0.1) is 65.4 Å². The summed E-state index contributed by atoms with van der Waals surface area (Å²) >= 11 is 0. The molecule has 0 bridgehead atoms. The minimum atomic E-state index is -0.727. The highest BCUT2D eigenvalue weighted by Gasteiger charge is 2.47. The zero-order valence-electron chi connectivity index (χ0n) is 80.4. The fourth-order valence-corrected chi connectivity index (χ4v) is 21.8. The van der Waals surface area contributed by atoms with Gasteiger partial charge in [-0.25, -0.2) is 0 Å². The molecule has 27 rings (SSSR count). The van der Waals surface area contributed by atoms with Crippen LogP contribution in [0.2, 0.25) is 0 Å². The van der Waals surface area contributed by atoms with Gasteiger partial charge in [0.25, 0.3) is 6.71 Å². The maximum absolute atomic E-state index is 11.0. The molecule has 10 heteroatoms. The summed E-state index contributed by atoms with van der Waals surface area (Å²) in [5, 5.41) is 19.9. The molecule has 2 aliphatic heterocycles. The Morgan fingerprint density at radius 3 is 1.35 bits per heavy atom. The van der Waals surface area contributed by atoms with E-state index in [0.717, 1.165) is 188 Å². The average molecular weight is 1710 g/mol. The minimum absolute atomic E-state index is 0.0323. The van der Waals surface area contributed by atoms with Crippen LogP contribution in [0.25, 0.3) is 210 Å². The van der Waals surface area contributed by atoms with Gasteiger partial charge in [0.2, 0.25) is 0 Å². The van der Waals surface area contributed by atoms with Gasteiger partial charge in [0.1, 0.15) is 44.7 Å². The van der Waals surface area contributed by atoms with Crippen LogP contribution in [0.4, 0.5) is 34.1 Å². The van der Waals surface area contributed by atoms with E-state index in [0.29, 0.717) is 50.6 Å². The Labute approximate surface area is 776 Å². The molecule has 25 aromatic rings. The van der Waals surface area contributed by atoms with Crippen molar-refractivity contribution >= 4 is 189 Å². The molecule has 0 amide bonds.